The number of Topliss-reactive ketones (excluding diaryl/α,β-unsaturated/α-hetero) is 1. The standard InChI is InChI=1S/C19H12ClFN2O2/c20-18-14(9-11-5-6-12(21)10-15(11)22-18)19(25)23-8-7-17(24)13-3-1-2-4-16(13)23/h1-6,9-10H,7-8H2. The second-order valence-electron chi connectivity index (χ2n) is 5.81. The molecular formula is C19H12ClFN2O2. The second-order valence-corrected chi connectivity index (χ2v) is 6.17. The molecule has 1 aliphatic heterocycles. The van der Waals surface area contributed by atoms with Crippen LogP contribution in [0.15, 0.2) is 48.5 Å². The summed E-state index contributed by atoms with van der Waals surface area (Å²) >= 11 is 6.18. The molecule has 0 saturated carbocycles. The smallest absolute Gasteiger partial charge is 0.261 e. The van der Waals surface area contributed by atoms with Gasteiger partial charge in [-0.1, -0.05) is 23.7 Å². The van der Waals surface area contributed by atoms with Gasteiger partial charge < -0.3 is 4.90 Å². The molecule has 6 heteroatoms. The Hall–Kier alpha value is -2.79. The first kappa shape index (κ1) is 15.7. The largest absolute Gasteiger partial charge is 0.307 e. The fraction of sp³-hybridized carbons (Fsp3) is 0.105. The maximum atomic E-state index is 13.3. The van der Waals surface area contributed by atoms with Crippen molar-refractivity contribution >= 4 is 39.9 Å². The number of carbonyl (C=O) groups excluding carboxylic acids is 2. The maximum Gasteiger partial charge on any atom is 0.261 e. The van der Waals surface area contributed by atoms with Gasteiger partial charge in [-0.05, 0) is 30.3 Å². The molecule has 1 aromatic heterocycles. The summed E-state index contributed by atoms with van der Waals surface area (Å²) in [4.78, 5) is 30.7. The number of aromatic nitrogens is 1. The van der Waals surface area contributed by atoms with Crippen LogP contribution in [0.2, 0.25) is 5.15 Å². The van der Waals surface area contributed by atoms with Crippen LogP contribution in [0.3, 0.4) is 0 Å². The lowest BCUT2D eigenvalue weighted by atomic mass is 9.99. The number of pyridine rings is 1. The molecule has 2 heterocycles. The van der Waals surface area contributed by atoms with Crippen LogP contribution in [0.1, 0.15) is 27.1 Å². The number of halogens is 2. The number of carbonyl (C=O) groups is 2. The van der Waals surface area contributed by atoms with Crippen LogP contribution in [0.5, 0.6) is 0 Å². The molecule has 0 radical (unpaired) electrons. The van der Waals surface area contributed by atoms with Crippen LogP contribution < -0.4 is 4.90 Å². The lowest BCUT2D eigenvalue weighted by Crippen LogP contribution is -2.37. The number of anilines is 1. The number of hydrogen-bond acceptors (Lipinski definition) is 3. The van der Waals surface area contributed by atoms with E-state index in [2.05, 4.69) is 4.98 Å². The predicted molar refractivity (Wildman–Crippen MR) is 93.8 cm³/mol. The molecule has 0 unspecified atom stereocenters. The van der Waals surface area contributed by atoms with E-state index in [9.17, 15) is 14.0 Å². The van der Waals surface area contributed by atoms with Crippen LogP contribution in [-0.2, 0) is 0 Å². The summed E-state index contributed by atoms with van der Waals surface area (Å²) in [5, 5.41) is 0.632. The van der Waals surface area contributed by atoms with E-state index in [4.69, 9.17) is 11.6 Å². The number of hydrogen-bond donors (Lipinski definition) is 0. The zero-order valence-corrected chi connectivity index (χ0v) is 13.8. The summed E-state index contributed by atoms with van der Waals surface area (Å²) < 4.78 is 13.3. The van der Waals surface area contributed by atoms with Gasteiger partial charge in [0, 0.05) is 30.0 Å². The molecule has 3 aromatic rings. The maximum absolute atomic E-state index is 13.3. The molecule has 0 fully saturated rings. The van der Waals surface area contributed by atoms with Crippen molar-refractivity contribution in [3.63, 3.8) is 0 Å². The number of para-hydroxylation sites is 1. The van der Waals surface area contributed by atoms with Gasteiger partial charge >= 0.3 is 0 Å². The van der Waals surface area contributed by atoms with Gasteiger partial charge in [-0.2, -0.15) is 0 Å². The van der Waals surface area contributed by atoms with Gasteiger partial charge in [0.15, 0.2) is 5.78 Å². The minimum absolute atomic E-state index is 0.0116. The number of nitrogens with zero attached hydrogens (tertiary/aromatic N) is 2. The monoisotopic (exact) mass is 354 g/mol. The van der Waals surface area contributed by atoms with Gasteiger partial charge in [0.05, 0.1) is 16.8 Å². The second kappa shape index (κ2) is 5.93. The molecule has 124 valence electrons. The summed E-state index contributed by atoms with van der Waals surface area (Å²) in [5.41, 5.74) is 1.70. The Morgan fingerprint density at radius 2 is 1.96 bits per heavy atom. The topological polar surface area (TPSA) is 50.3 Å². The van der Waals surface area contributed by atoms with Crippen molar-refractivity contribution < 1.29 is 14.0 Å². The van der Waals surface area contributed by atoms with E-state index in [0.717, 1.165) is 0 Å². The van der Waals surface area contributed by atoms with Crippen molar-refractivity contribution in [3.05, 3.63) is 70.6 Å². The molecule has 0 saturated heterocycles. The van der Waals surface area contributed by atoms with Crippen molar-refractivity contribution in [1.82, 2.24) is 4.98 Å². The predicted octanol–water partition coefficient (Wildman–Crippen LogP) is 4.26. The molecule has 0 atom stereocenters. The Kier molecular flexibility index (Phi) is 3.73. The highest BCUT2D eigenvalue weighted by atomic mass is 35.5. The Morgan fingerprint density at radius 1 is 1.16 bits per heavy atom. The fourth-order valence-corrected chi connectivity index (χ4v) is 3.26. The minimum Gasteiger partial charge on any atom is -0.307 e. The summed E-state index contributed by atoms with van der Waals surface area (Å²) in [6, 6.07) is 12.7. The van der Waals surface area contributed by atoms with Crippen molar-refractivity contribution in [1.29, 1.82) is 0 Å². The third-order valence-electron chi connectivity index (χ3n) is 4.27. The molecule has 4 rings (SSSR count). The third-order valence-corrected chi connectivity index (χ3v) is 4.55. The van der Waals surface area contributed by atoms with Gasteiger partial charge in [-0.25, -0.2) is 9.37 Å². The number of rotatable bonds is 1. The summed E-state index contributed by atoms with van der Waals surface area (Å²) in [6.45, 7) is 0.284. The van der Waals surface area contributed by atoms with Crippen molar-refractivity contribution in [2.24, 2.45) is 0 Å². The molecular weight excluding hydrogens is 343 g/mol. The molecule has 2 aromatic carbocycles. The van der Waals surface area contributed by atoms with Gasteiger partial charge in [0.25, 0.3) is 5.91 Å². The number of ketones is 1. The third kappa shape index (κ3) is 2.66. The highest BCUT2D eigenvalue weighted by Gasteiger charge is 2.29. The Morgan fingerprint density at radius 3 is 2.80 bits per heavy atom. The molecule has 0 bridgehead atoms. The van der Waals surface area contributed by atoms with Gasteiger partial charge in [-0.3, -0.25) is 9.59 Å². The highest BCUT2D eigenvalue weighted by Crippen LogP contribution is 2.30. The summed E-state index contributed by atoms with van der Waals surface area (Å²) in [5.74, 6) is -0.736. The van der Waals surface area contributed by atoms with E-state index >= 15 is 0 Å². The van der Waals surface area contributed by atoms with Gasteiger partial charge in [-0.15, -0.1) is 0 Å². The lowest BCUT2D eigenvalue weighted by molar-refractivity contribution is 0.0955. The van der Waals surface area contributed by atoms with E-state index in [-0.39, 0.29) is 35.4 Å². The Balaban J connectivity index is 1.80. The van der Waals surface area contributed by atoms with E-state index in [1.54, 1.807) is 36.4 Å². The van der Waals surface area contributed by atoms with Crippen LogP contribution in [-0.4, -0.2) is 23.2 Å². The van der Waals surface area contributed by atoms with Crippen LogP contribution >= 0.6 is 11.6 Å². The van der Waals surface area contributed by atoms with E-state index in [1.807, 2.05) is 0 Å². The fourth-order valence-electron chi connectivity index (χ4n) is 3.04. The average molecular weight is 355 g/mol. The van der Waals surface area contributed by atoms with E-state index < -0.39 is 5.82 Å². The SMILES string of the molecule is O=C1CCN(C(=O)c2cc3ccc(F)cc3nc2Cl)c2ccccc21. The average Bonchev–Trinajstić information content (AvgIpc) is 2.61. The van der Waals surface area contributed by atoms with Crippen LogP contribution in [0, 0.1) is 5.82 Å². The summed E-state index contributed by atoms with van der Waals surface area (Å²) in [6.07, 6.45) is 0.257. The highest BCUT2D eigenvalue weighted by molar-refractivity contribution is 6.34. The Labute approximate surface area is 147 Å². The Bertz CT molecular complexity index is 1040. The summed E-state index contributed by atoms with van der Waals surface area (Å²) in [7, 11) is 0. The van der Waals surface area contributed by atoms with Crippen molar-refractivity contribution in [2.45, 2.75) is 6.42 Å². The number of benzene rings is 2. The zero-order chi connectivity index (χ0) is 17.6. The van der Waals surface area contributed by atoms with E-state index in [1.165, 1.54) is 17.0 Å². The lowest BCUT2D eigenvalue weighted by Gasteiger charge is -2.28. The van der Waals surface area contributed by atoms with Gasteiger partial charge in [0.1, 0.15) is 11.0 Å². The first-order valence-corrected chi connectivity index (χ1v) is 8.12. The van der Waals surface area contributed by atoms with Crippen LogP contribution in [0.25, 0.3) is 10.9 Å². The molecule has 0 aliphatic carbocycles. The quantitative estimate of drug-likeness (QED) is 0.613. The normalized spacial score (nSPS) is 13.8. The zero-order valence-electron chi connectivity index (χ0n) is 13.0. The van der Waals surface area contributed by atoms with Crippen molar-refractivity contribution in [2.75, 3.05) is 11.4 Å². The molecule has 1 aliphatic rings. The molecule has 4 nitrogen and oxygen atoms in total. The van der Waals surface area contributed by atoms with E-state index in [0.29, 0.717) is 22.2 Å². The molecule has 0 N–H and O–H groups in total. The van der Waals surface area contributed by atoms with Crippen molar-refractivity contribution in [3.8, 4) is 0 Å². The first-order chi connectivity index (χ1) is 12.0. The van der Waals surface area contributed by atoms with Crippen LogP contribution in [0.4, 0.5) is 10.1 Å². The number of amides is 1. The first-order valence-electron chi connectivity index (χ1n) is 7.74. The minimum atomic E-state index is -0.418. The molecule has 25 heavy (non-hydrogen) atoms. The number of fused-ring (bicyclic) bond motifs is 2. The molecule has 0 spiro atoms. The van der Waals surface area contributed by atoms with Gasteiger partial charge in [0.2, 0.25) is 0 Å². The molecule has 1 amide bonds.